The van der Waals surface area contributed by atoms with Crippen LogP contribution in [0.4, 0.5) is 0 Å². The standard InChI is InChI=1S/C14H21NO2S/c1-13(2,3)11(10-8-7-9-18-10)15-17-12(16)14(4,5)6/h7-9H,1-6H3/b15-11-. The molecule has 0 saturated heterocycles. The number of nitrogens with zero attached hydrogens (tertiary/aromatic N) is 1. The van der Waals surface area contributed by atoms with Crippen molar-refractivity contribution < 1.29 is 9.63 Å². The molecule has 0 unspecified atom stereocenters. The van der Waals surface area contributed by atoms with Crippen LogP contribution in [0.15, 0.2) is 22.7 Å². The Hall–Kier alpha value is -1.16. The number of rotatable bonds is 2. The molecule has 0 aliphatic carbocycles. The summed E-state index contributed by atoms with van der Waals surface area (Å²) >= 11 is 1.59. The Morgan fingerprint density at radius 2 is 1.78 bits per heavy atom. The van der Waals surface area contributed by atoms with E-state index in [4.69, 9.17) is 4.84 Å². The SMILES string of the molecule is CC(C)(C)C(=O)O/N=C(/c1cccs1)C(C)(C)C. The third kappa shape index (κ3) is 3.95. The predicted molar refractivity (Wildman–Crippen MR) is 75.9 cm³/mol. The van der Waals surface area contributed by atoms with Gasteiger partial charge in [0, 0.05) is 5.41 Å². The van der Waals surface area contributed by atoms with Gasteiger partial charge in [-0.25, -0.2) is 4.79 Å². The first-order valence-electron chi connectivity index (χ1n) is 5.96. The molecule has 0 atom stereocenters. The molecule has 1 aromatic heterocycles. The lowest BCUT2D eigenvalue weighted by Crippen LogP contribution is -2.25. The van der Waals surface area contributed by atoms with Gasteiger partial charge in [0.2, 0.25) is 0 Å². The minimum absolute atomic E-state index is 0.164. The molecular weight excluding hydrogens is 246 g/mol. The Bertz CT molecular complexity index is 433. The monoisotopic (exact) mass is 267 g/mol. The maximum Gasteiger partial charge on any atom is 0.340 e. The fourth-order valence-electron chi connectivity index (χ4n) is 1.19. The van der Waals surface area contributed by atoms with Gasteiger partial charge in [0.15, 0.2) is 0 Å². The van der Waals surface area contributed by atoms with Crippen LogP contribution in [0.1, 0.15) is 46.4 Å². The molecule has 0 N–H and O–H groups in total. The van der Waals surface area contributed by atoms with Gasteiger partial charge in [-0.05, 0) is 32.2 Å². The summed E-state index contributed by atoms with van der Waals surface area (Å²) in [7, 11) is 0. The number of carbonyl (C=O) groups excluding carboxylic acids is 1. The Labute approximate surface area is 113 Å². The van der Waals surface area contributed by atoms with Crippen molar-refractivity contribution >= 4 is 23.0 Å². The van der Waals surface area contributed by atoms with Crippen LogP contribution in [0.5, 0.6) is 0 Å². The Morgan fingerprint density at radius 1 is 1.17 bits per heavy atom. The van der Waals surface area contributed by atoms with Gasteiger partial charge in [-0.15, -0.1) is 11.3 Å². The van der Waals surface area contributed by atoms with Crippen molar-refractivity contribution in [1.29, 1.82) is 0 Å². The molecule has 3 nitrogen and oxygen atoms in total. The van der Waals surface area contributed by atoms with Gasteiger partial charge in [0.25, 0.3) is 0 Å². The molecule has 0 fully saturated rings. The zero-order valence-electron chi connectivity index (χ0n) is 11.9. The number of hydrogen-bond donors (Lipinski definition) is 0. The summed E-state index contributed by atoms with van der Waals surface area (Å²) in [6.07, 6.45) is 0. The van der Waals surface area contributed by atoms with Gasteiger partial charge in [-0.3, -0.25) is 0 Å². The van der Waals surface area contributed by atoms with E-state index in [1.165, 1.54) is 0 Å². The third-order valence-corrected chi connectivity index (χ3v) is 3.17. The van der Waals surface area contributed by atoms with E-state index >= 15 is 0 Å². The summed E-state index contributed by atoms with van der Waals surface area (Å²) in [5.41, 5.74) is 0.0976. The van der Waals surface area contributed by atoms with Crippen molar-refractivity contribution in [3.63, 3.8) is 0 Å². The summed E-state index contributed by atoms with van der Waals surface area (Å²) in [6.45, 7) is 11.6. The van der Waals surface area contributed by atoms with Crippen LogP contribution in [0.25, 0.3) is 0 Å². The summed E-state index contributed by atoms with van der Waals surface area (Å²) < 4.78 is 0. The highest BCUT2D eigenvalue weighted by Crippen LogP contribution is 2.26. The lowest BCUT2D eigenvalue weighted by molar-refractivity contribution is -0.153. The first-order valence-corrected chi connectivity index (χ1v) is 6.84. The first kappa shape index (κ1) is 14.9. The van der Waals surface area contributed by atoms with Crippen LogP contribution in [0.3, 0.4) is 0 Å². The van der Waals surface area contributed by atoms with Crippen LogP contribution in [-0.4, -0.2) is 11.7 Å². The fraction of sp³-hybridized carbons (Fsp3) is 0.571. The number of hydrogen-bond acceptors (Lipinski definition) is 4. The summed E-state index contributed by atoms with van der Waals surface area (Å²) in [4.78, 5) is 17.8. The van der Waals surface area contributed by atoms with Crippen molar-refractivity contribution in [3.8, 4) is 0 Å². The van der Waals surface area contributed by atoms with Gasteiger partial charge >= 0.3 is 5.97 Å². The lowest BCUT2D eigenvalue weighted by Gasteiger charge is -2.20. The Morgan fingerprint density at radius 3 is 2.17 bits per heavy atom. The van der Waals surface area contributed by atoms with Crippen LogP contribution < -0.4 is 0 Å². The molecule has 0 radical (unpaired) electrons. The molecule has 1 aromatic rings. The smallest absolute Gasteiger partial charge is 0.317 e. The largest absolute Gasteiger partial charge is 0.340 e. The zero-order chi connectivity index (χ0) is 14.0. The maximum absolute atomic E-state index is 11.7. The fourth-order valence-corrected chi connectivity index (χ4v) is 2.10. The van der Waals surface area contributed by atoms with Crippen LogP contribution in [0.2, 0.25) is 0 Å². The molecule has 0 saturated carbocycles. The highest BCUT2D eigenvalue weighted by molar-refractivity contribution is 7.12. The Balaban J connectivity index is 2.97. The molecule has 0 amide bonds. The molecule has 0 aliphatic rings. The van der Waals surface area contributed by atoms with Crippen molar-refractivity contribution in [3.05, 3.63) is 22.4 Å². The summed E-state index contributed by atoms with van der Waals surface area (Å²) in [5, 5.41) is 6.07. The van der Waals surface area contributed by atoms with Gasteiger partial charge in [0.05, 0.1) is 10.3 Å². The number of oxime groups is 1. The molecule has 0 spiro atoms. The highest BCUT2D eigenvalue weighted by atomic mass is 32.1. The lowest BCUT2D eigenvalue weighted by atomic mass is 9.89. The number of thiophene rings is 1. The van der Waals surface area contributed by atoms with Crippen molar-refractivity contribution in [2.75, 3.05) is 0 Å². The predicted octanol–water partition coefficient (Wildman–Crippen LogP) is 4.09. The molecule has 0 bridgehead atoms. The van der Waals surface area contributed by atoms with E-state index in [0.717, 1.165) is 10.6 Å². The summed E-state index contributed by atoms with van der Waals surface area (Å²) in [6, 6.07) is 3.95. The van der Waals surface area contributed by atoms with Crippen LogP contribution >= 0.6 is 11.3 Å². The van der Waals surface area contributed by atoms with Gasteiger partial charge in [-0.1, -0.05) is 32.0 Å². The Kier molecular flexibility index (Phi) is 4.32. The first-order chi connectivity index (χ1) is 8.12. The number of carbonyl (C=O) groups is 1. The quantitative estimate of drug-likeness (QED) is 0.460. The molecule has 18 heavy (non-hydrogen) atoms. The van der Waals surface area contributed by atoms with Crippen LogP contribution in [-0.2, 0) is 9.63 Å². The van der Waals surface area contributed by atoms with Gasteiger partial charge < -0.3 is 4.84 Å². The third-order valence-electron chi connectivity index (χ3n) is 2.30. The average molecular weight is 267 g/mol. The molecule has 1 rings (SSSR count). The van der Waals surface area contributed by atoms with E-state index in [0.29, 0.717) is 0 Å². The van der Waals surface area contributed by atoms with Gasteiger partial charge in [0.1, 0.15) is 5.71 Å². The highest BCUT2D eigenvalue weighted by Gasteiger charge is 2.26. The van der Waals surface area contributed by atoms with E-state index in [9.17, 15) is 4.79 Å². The minimum atomic E-state index is -0.540. The molecule has 0 aromatic carbocycles. The molecule has 4 heteroatoms. The average Bonchev–Trinajstić information content (AvgIpc) is 2.67. The van der Waals surface area contributed by atoms with Crippen LogP contribution in [0, 0.1) is 10.8 Å². The molecule has 100 valence electrons. The van der Waals surface area contributed by atoms with Crippen molar-refractivity contribution in [1.82, 2.24) is 0 Å². The maximum atomic E-state index is 11.7. The zero-order valence-corrected chi connectivity index (χ0v) is 12.7. The molecule has 0 aliphatic heterocycles. The molecule has 1 heterocycles. The summed E-state index contributed by atoms with van der Waals surface area (Å²) in [5.74, 6) is -0.319. The molecular formula is C14H21NO2S. The topological polar surface area (TPSA) is 38.7 Å². The van der Waals surface area contributed by atoms with E-state index in [-0.39, 0.29) is 11.4 Å². The van der Waals surface area contributed by atoms with Crippen molar-refractivity contribution in [2.45, 2.75) is 41.5 Å². The van der Waals surface area contributed by atoms with Gasteiger partial charge in [-0.2, -0.15) is 0 Å². The normalized spacial score (nSPS) is 13.6. The van der Waals surface area contributed by atoms with Crippen molar-refractivity contribution in [2.24, 2.45) is 16.0 Å². The minimum Gasteiger partial charge on any atom is -0.317 e. The van der Waals surface area contributed by atoms with E-state index in [2.05, 4.69) is 25.9 Å². The van der Waals surface area contributed by atoms with E-state index in [1.54, 1.807) is 11.3 Å². The second-order valence-corrected chi connectivity index (χ2v) is 7.24. The second kappa shape index (κ2) is 5.22. The second-order valence-electron chi connectivity index (χ2n) is 6.30. The van der Waals surface area contributed by atoms with E-state index < -0.39 is 5.41 Å². The van der Waals surface area contributed by atoms with E-state index in [1.807, 2.05) is 38.3 Å².